The fourth-order valence-electron chi connectivity index (χ4n) is 5.94. The minimum absolute atomic E-state index is 0.0325. The second-order valence-corrected chi connectivity index (χ2v) is 12.6. The minimum atomic E-state index is -3.76. The van der Waals surface area contributed by atoms with E-state index >= 15 is 0 Å². The molecular formula is C29H39N3O7S. The number of aliphatic hydroxyl groups is 1. The number of ether oxygens (including phenoxy) is 3. The molecule has 0 aliphatic carbocycles. The molecule has 0 saturated carbocycles. The summed E-state index contributed by atoms with van der Waals surface area (Å²) in [4.78, 5) is 18.3. The molecule has 1 aromatic carbocycles. The van der Waals surface area contributed by atoms with Gasteiger partial charge in [0.05, 0.1) is 47.9 Å². The molecule has 2 aromatic rings. The third kappa shape index (κ3) is 5.37. The number of aromatic nitrogens is 1. The first-order valence-electron chi connectivity index (χ1n) is 14.2. The van der Waals surface area contributed by atoms with Crippen molar-refractivity contribution >= 4 is 21.4 Å². The molecular weight excluding hydrogens is 534 g/mol. The van der Waals surface area contributed by atoms with Crippen LogP contribution in [0.4, 0.5) is 5.69 Å². The number of pyridine rings is 1. The van der Waals surface area contributed by atoms with Crippen molar-refractivity contribution < 1.29 is 27.7 Å². The highest BCUT2D eigenvalue weighted by molar-refractivity contribution is 7.89. The molecule has 0 radical (unpaired) electrons. The molecule has 0 unspecified atom stereocenters. The first-order chi connectivity index (χ1) is 19.3. The third-order valence-corrected chi connectivity index (χ3v) is 10.1. The maximum absolute atomic E-state index is 13.8. The molecule has 1 aromatic heterocycles. The van der Waals surface area contributed by atoms with Crippen molar-refractivity contribution in [2.24, 2.45) is 18.0 Å². The van der Waals surface area contributed by atoms with Gasteiger partial charge in [-0.1, -0.05) is 20.3 Å². The molecule has 2 saturated heterocycles. The summed E-state index contributed by atoms with van der Waals surface area (Å²) in [5.74, 6) is 0.824. The standard InChI is InChI=1S/C29H39N3O7S/c1-4-6-21-25(16-33)31(3)29(34)23-15-24(30-28(21)23)22-14-20(7-8-26(22)38-13-5-2)40(35,36)32-11-9-19(10-12-32)27-17-37-18-39-27/h7-8,14,19,27,33H,4-6,9-13,15-18H2,1-3H3/t27-/m0/s1. The molecule has 5 rings (SSSR count). The molecule has 1 N–H and O–H groups in total. The third-order valence-electron chi connectivity index (χ3n) is 8.16. The molecule has 218 valence electrons. The molecule has 2 fully saturated rings. The highest BCUT2D eigenvalue weighted by atomic mass is 32.2. The summed E-state index contributed by atoms with van der Waals surface area (Å²) in [5, 5.41) is 10.0. The van der Waals surface area contributed by atoms with Gasteiger partial charge in [-0.15, -0.1) is 0 Å². The van der Waals surface area contributed by atoms with Crippen molar-refractivity contribution in [1.82, 2.24) is 8.87 Å². The summed E-state index contributed by atoms with van der Waals surface area (Å²) >= 11 is 0. The smallest absolute Gasteiger partial charge is 0.256 e. The molecule has 0 spiro atoms. The number of benzene rings is 1. The van der Waals surface area contributed by atoms with E-state index in [4.69, 9.17) is 19.2 Å². The number of nitrogens with zero attached hydrogens (tertiary/aromatic N) is 3. The van der Waals surface area contributed by atoms with Crippen LogP contribution in [0.5, 0.6) is 5.75 Å². The Morgan fingerprint density at radius 2 is 1.95 bits per heavy atom. The van der Waals surface area contributed by atoms with Gasteiger partial charge in [0.1, 0.15) is 12.5 Å². The Balaban J connectivity index is 1.49. The Morgan fingerprint density at radius 1 is 1.18 bits per heavy atom. The molecule has 0 bridgehead atoms. The summed E-state index contributed by atoms with van der Waals surface area (Å²) in [5.41, 5.74) is 3.56. The Kier molecular flexibility index (Phi) is 8.77. The van der Waals surface area contributed by atoms with Crippen molar-refractivity contribution in [2.45, 2.75) is 70.0 Å². The molecule has 10 nitrogen and oxygen atoms in total. The van der Waals surface area contributed by atoms with Gasteiger partial charge in [0.15, 0.2) is 0 Å². The number of aliphatic hydroxyl groups excluding tert-OH is 1. The largest absolute Gasteiger partial charge is 0.493 e. The highest BCUT2D eigenvalue weighted by Gasteiger charge is 2.35. The lowest BCUT2D eigenvalue weighted by Crippen LogP contribution is -2.41. The van der Waals surface area contributed by atoms with Gasteiger partial charge in [0.2, 0.25) is 10.0 Å². The number of hydrogen-bond acceptors (Lipinski definition) is 8. The van der Waals surface area contributed by atoms with Gasteiger partial charge >= 0.3 is 0 Å². The highest BCUT2D eigenvalue weighted by Crippen LogP contribution is 2.37. The lowest BCUT2D eigenvalue weighted by molar-refractivity contribution is 0.0184. The Hall–Kier alpha value is -2.57. The predicted octanol–water partition coefficient (Wildman–Crippen LogP) is 3.07. The molecule has 3 aliphatic heterocycles. The molecule has 0 amide bonds. The van der Waals surface area contributed by atoms with Gasteiger partial charge in [-0.25, -0.2) is 8.42 Å². The average Bonchev–Trinajstić information content (AvgIpc) is 3.66. The van der Waals surface area contributed by atoms with Crippen LogP contribution in [0.25, 0.3) is 0 Å². The molecule has 40 heavy (non-hydrogen) atoms. The number of piperidine rings is 1. The fourth-order valence-corrected chi connectivity index (χ4v) is 7.44. The van der Waals surface area contributed by atoms with Gasteiger partial charge in [0, 0.05) is 43.2 Å². The Bertz CT molecular complexity index is 1440. The number of sulfonamides is 1. The zero-order valence-corrected chi connectivity index (χ0v) is 24.3. The van der Waals surface area contributed by atoms with Crippen LogP contribution < -0.4 is 10.3 Å². The monoisotopic (exact) mass is 573 g/mol. The second kappa shape index (κ2) is 12.1. The van der Waals surface area contributed by atoms with E-state index in [1.807, 2.05) is 13.8 Å². The van der Waals surface area contributed by atoms with Crippen LogP contribution in [0.2, 0.25) is 0 Å². The van der Waals surface area contributed by atoms with E-state index in [2.05, 4.69) is 0 Å². The fraction of sp³-hybridized carbons (Fsp3) is 0.586. The normalized spacial score (nSPS) is 20.1. The minimum Gasteiger partial charge on any atom is -0.493 e. The van der Waals surface area contributed by atoms with Gasteiger partial charge in [-0.2, -0.15) is 4.31 Å². The second-order valence-electron chi connectivity index (χ2n) is 10.7. The first kappa shape index (κ1) is 28.9. The van der Waals surface area contributed by atoms with Crippen molar-refractivity contribution in [1.29, 1.82) is 0 Å². The molecule has 1 atom stereocenters. The predicted molar refractivity (Wildman–Crippen MR) is 151 cm³/mol. The number of rotatable bonds is 10. The summed E-state index contributed by atoms with van der Waals surface area (Å²) in [7, 11) is -2.09. The van der Waals surface area contributed by atoms with E-state index in [9.17, 15) is 18.3 Å². The average molecular weight is 574 g/mol. The van der Waals surface area contributed by atoms with Crippen LogP contribution in [0.3, 0.4) is 0 Å². The zero-order chi connectivity index (χ0) is 28.4. The quantitative estimate of drug-likeness (QED) is 0.464. The van der Waals surface area contributed by atoms with E-state index in [1.165, 1.54) is 4.57 Å². The molecule has 3 aliphatic rings. The maximum atomic E-state index is 13.8. The van der Waals surface area contributed by atoms with E-state index in [1.54, 1.807) is 29.6 Å². The van der Waals surface area contributed by atoms with Crippen LogP contribution in [-0.2, 0) is 46.0 Å². The van der Waals surface area contributed by atoms with E-state index in [0.717, 1.165) is 31.2 Å². The van der Waals surface area contributed by atoms with Crippen molar-refractivity contribution in [3.8, 4) is 5.75 Å². The van der Waals surface area contributed by atoms with Crippen LogP contribution in [-0.4, -0.2) is 67.3 Å². The van der Waals surface area contributed by atoms with E-state index in [0.29, 0.717) is 73.5 Å². The number of hydrogen-bond donors (Lipinski definition) is 1. The van der Waals surface area contributed by atoms with E-state index in [-0.39, 0.29) is 35.5 Å². The number of fused-ring (bicyclic) bond motifs is 1. The Labute approximate surface area is 235 Å². The molecule has 4 heterocycles. The first-order valence-corrected chi connectivity index (χ1v) is 15.6. The van der Waals surface area contributed by atoms with Crippen molar-refractivity contribution in [3.05, 3.63) is 50.9 Å². The van der Waals surface area contributed by atoms with Crippen LogP contribution >= 0.6 is 0 Å². The maximum Gasteiger partial charge on any atom is 0.256 e. The number of aliphatic imine (C=N–C) groups is 1. The molecule has 11 heteroatoms. The van der Waals surface area contributed by atoms with Crippen molar-refractivity contribution in [3.63, 3.8) is 0 Å². The van der Waals surface area contributed by atoms with Gasteiger partial charge < -0.3 is 23.9 Å². The summed E-state index contributed by atoms with van der Waals surface area (Å²) in [6, 6.07) is 4.93. The van der Waals surface area contributed by atoms with Gasteiger partial charge in [-0.05, 0) is 49.8 Å². The van der Waals surface area contributed by atoms with Gasteiger partial charge in [0.25, 0.3) is 5.56 Å². The van der Waals surface area contributed by atoms with Crippen LogP contribution in [0.15, 0.2) is 32.9 Å². The van der Waals surface area contributed by atoms with Gasteiger partial charge in [-0.3, -0.25) is 9.79 Å². The zero-order valence-electron chi connectivity index (χ0n) is 23.5. The summed E-state index contributed by atoms with van der Waals surface area (Å²) < 4.78 is 47.6. The lowest BCUT2D eigenvalue weighted by Gasteiger charge is -2.33. The summed E-state index contributed by atoms with van der Waals surface area (Å²) in [6.45, 7) is 5.97. The topological polar surface area (TPSA) is 120 Å². The summed E-state index contributed by atoms with van der Waals surface area (Å²) in [6.07, 6.45) is 4.03. The van der Waals surface area contributed by atoms with Crippen molar-refractivity contribution in [2.75, 3.05) is 33.1 Å². The van der Waals surface area contributed by atoms with Crippen LogP contribution in [0, 0.1) is 5.92 Å². The van der Waals surface area contributed by atoms with Crippen LogP contribution in [0.1, 0.15) is 61.9 Å². The lowest BCUT2D eigenvalue weighted by atomic mass is 9.93. The SMILES string of the molecule is CCCOc1ccc(S(=O)(=O)N2CCC([C@@H]3COCO3)CC2)cc1C1=Nc2c(CCC)c(CO)n(C)c(=O)c2C1. The Morgan fingerprint density at radius 3 is 2.60 bits per heavy atom. The van der Waals surface area contributed by atoms with E-state index < -0.39 is 10.0 Å².